The topological polar surface area (TPSA) is 95.4 Å². The van der Waals surface area contributed by atoms with Gasteiger partial charge in [-0.1, -0.05) is 23.9 Å². The van der Waals surface area contributed by atoms with E-state index < -0.39 is 0 Å². The summed E-state index contributed by atoms with van der Waals surface area (Å²) in [5, 5.41) is 19.3. The van der Waals surface area contributed by atoms with Crippen LogP contribution in [0.5, 0.6) is 0 Å². The Hall–Kier alpha value is -2.92. The molecule has 0 N–H and O–H groups in total. The predicted molar refractivity (Wildman–Crippen MR) is 117 cm³/mol. The largest absolute Gasteiger partial charge is 0.378 e. The van der Waals surface area contributed by atoms with E-state index in [0.29, 0.717) is 23.0 Å². The summed E-state index contributed by atoms with van der Waals surface area (Å²) in [4.78, 5) is 14.9. The third-order valence-corrected chi connectivity index (χ3v) is 6.81. The number of hydrogen-bond donors (Lipinski definition) is 0. The van der Waals surface area contributed by atoms with E-state index in [9.17, 15) is 4.79 Å². The van der Waals surface area contributed by atoms with E-state index in [2.05, 4.69) is 29.9 Å². The van der Waals surface area contributed by atoms with Crippen LogP contribution in [0.25, 0.3) is 16.7 Å². The summed E-state index contributed by atoms with van der Waals surface area (Å²) in [5.41, 5.74) is 0.747. The number of aryl methyl sites for hydroxylation is 1. The maximum Gasteiger partial charge on any atom is 0.262 e. The van der Waals surface area contributed by atoms with Gasteiger partial charge in [-0.2, -0.15) is 0 Å². The molecule has 0 bridgehead atoms. The molecule has 0 unspecified atom stereocenters. The summed E-state index contributed by atoms with van der Waals surface area (Å²) < 4.78 is 11.3. The molecular formula is C20H22N8O2S. The zero-order valence-corrected chi connectivity index (χ0v) is 18.0. The molecule has 11 heteroatoms. The van der Waals surface area contributed by atoms with Crippen LogP contribution in [0.4, 0.5) is 5.95 Å². The van der Waals surface area contributed by atoms with E-state index in [1.807, 2.05) is 28.7 Å². The highest BCUT2D eigenvalue weighted by Crippen LogP contribution is 2.41. The lowest BCUT2D eigenvalue weighted by Crippen LogP contribution is -2.38. The van der Waals surface area contributed by atoms with Crippen LogP contribution in [-0.2, 0) is 17.5 Å². The van der Waals surface area contributed by atoms with Crippen molar-refractivity contribution in [1.29, 1.82) is 0 Å². The third kappa shape index (κ3) is 3.10. The number of morpholine rings is 1. The Morgan fingerprint density at radius 2 is 1.90 bits per heavy atom. The first-order chi connectivity index (χ1) is 15.2. The first kappa shape index (κ1) is 18.8. The number of para-hydroxylation sites is 1. The first-order valence-corrected chi connectivity index (χ1v) is 11.4. The quantitative estimate of drug-likeness (QED) is 0.434. The van der Waals surface area contributed by atoms with Gasteiger partial charge in [-0.25, -0.2) is 0 Å². The molecule has 0 radical (unpaired) electrons. The van der Waals surface area contributed by atoms with Crippen molar-refractivity contribution in [3.05, 3.63) is 40.4 Å². The minimum atomic E-state index is -0.0710. The van der Waals surface area contributed by atoms with Gasteiger partial charge >= 0.3 is 0 Å². The number of benzene rings is 1. The van der Waals surface area contributed by atoms with Gasteiger partial charge in [0.05, 0.1) is 29.9 Å². The molecule has 1 aromatic carbocycles. The predicted octanol–water partition coefficient (Wildman–Crippen LogP) is 1.64. The Bertz CT molecular complexity index is 1330. The maximum absolute atomic E-state index is 12.7. The first-order valence-electron chi connectivity index (χ1n) is 10.4. The average Bonchev–Trinajstić information content (AvgIpc) is 3.41. The Morgan fingerprint density at radius 1 is 1.10 bits per heavy atom. The molecule has 160 valence electrons. The molecule has 4 aromatic rings. The molecule has 10 nitrogen and oxygen atoms in total. The van der Waals surface area contributed by atoms with Crippen LogP contribution in [0, 0.1) is 0 Å². The summed E-state index contributed by atoms with van der Waals surface area (Å²) in [6.45, 7) is 3.11. The Kier molecular flexibility index (Phi) is 4.46. The standard InChI is InChI=1S/C20H22N8O2S/c1-25-17(29)14-4-2-3-5-15(14)28-16(21-22-18(25)28)12-31-20-24-23-19(27(20)13-6-7-13)26-8-10-30-11-9-26/h2-5,13H,6-12H2,1H3. The van der Waals surface area contributed by atoms with Crippen LogP contribution in [0.1, 0.15) is 24.7 Å². The van der Waals surface area contributed by atoms with Gasteiger partial charge in [-0.3, -0.25) is 18.3 Å². The molecule has 2 aliphatic rings. The average molecular weight is 439 g/mol. The number of fused-ring (bicyclic) bond motifs is 3. The monoisotopic (exact) mass is 438 g/mol. The fourth-order valence-electron chi connectivity index (χ4n) is 4.11. The Morgan fingerprint density at radius 3 is 2.71 bits per heavy atom. The van der Waals surface area contributed by atoms with Crippen LogP contribution in [0.3, 0.4) is 0 Å². The van der Waals surface area contributed by atoms with Crippen LogP contribution < -0.4 is 10.5 Å². The molecule has 0 spiro atoms. The fourth-order valence-corrected chi connectivity index (χ4v) is 5.03. The number of thioether (sulfide) groups is 1. The molecule has 3 aromatic heterocycles. The number of hydrogen-bond acceptors (Lipinski definition) is 8. The van der Waals surface area contributed by atoms with E-state index in [4.69, 9.17) is 4.74 Å². The van der Waals surface area contributed by atoms with Crippen molar-refractivity contribution in [2.75, 3.05) is 31.2 Å². The third-order valence-electron chi connectivity index (χ3n) is 5.88. The van der Waals surface area contributed by atoms with Crippen molar-refractivity contribution < 1.29 is 4.74 Å². The molecule has 2 fully saturated rings. The molecule has 1 aliphatic heterocycles. The fraction of sp³-hybridized carbons (Fsp3) is 0.450. The van der Waals surface area contributed by atoms with Crippen LogP contribution in [-0.4, -0.2) is 60.2 Å². The normalized spacial score (nSPS) is 17.1. The summed E-state index contributed by atoms with van der Waals surface area (Å²) >= 11 is 1.61. The number of ether oxygens (including phenoxy) is 1. The SMILES string of the molecule is Cn1c(=O)c2ccccc2n2c(CSc3nnc(N4CCOCC4)n3C3CC3)nnc12. The summed E-state index contributed by atoms with van der Waals surface area (Å²) in [6, 6.07) is 8.04. The minimum absolute atomic E-state index is 0.0710. The summed E-state index contributed by atoms with van der Waals surface area (Å²) in [7, 11) is 1.73. The number of rotatable bonds is 5. The molecular weight excluding hydrogens is 416 g/mol. The van der Waals surface area contributed by atoms with Gasteiger partial charge in [0.25, 0.3) is 5.56 Å². The molecule has 31 heavy (non-hydrogen) atoms. The van der Waals surface area contributed by atoms with Crippen LogP contribution in [0.2, 0.25) is 0 Å². The molecule has 6 rings (SSSR count). The molecule has 1 saturated heterocycles. The molecule has 1 aliphatic carbocycles. The number of anilines is 1. The molecule has 0 amide bonds. The number of nitrogens with zero attached hydrogens (tertiary/aromatic N) is 8. The van der Waals surface area contributed by atoms with Crippen molar-refractivity contribution in [3.63, 3.8) is 0 Å². The van der Waals surface area contributed by atoms with Gasteiger partial charge < -0.3 is 9.64 Å². The minimum Gasteiger partial charge on any atom is -0.378 e. The van der Waals surface area contributed by atoms with Gasteiger partial charge in [-0.05, 0) is 25.0 Å². The van der Waals surface area contributed by atoms with Gasteiger partial charge in [-0.15, -0.1) is 20.4 Å². The van der Waals surface area contributed by atoms with Crippen molar-refractivity contribution in [3.8, 4) is 0 Å². The van der Waals surface area contributed by atoms with Gasteiger partial charge in [0, 0.05) is 26.2 Å². The second-order valence-electron chi connectivity index (χ2n) is 7.90. The molecule has 1 saturated carbocycles. The molecule has 0 atom stereocenters. The summed E-state index contributed by atoms with van der Waals surface area (Å²) in [5.74, 6) is 2.84. The molecule has 4 heterocycles. The van der Waals surface area contributed by atoms with E-state index in [1.165, 1.54) is 0 Å². The summed E-state index contributed by atoms with van der Waals surface area (Å²) in [6.07, 6.45) is 2.31. The Labute approximate surface area is 181 Å². The lowest BCUT2D eigenvalue weighted by Gasteiger charge is -2.27. The number of aromatic nitrogens is 7. The van der Waals surface area contributed by atoms with Gasteiger partial charge in [0.15, 0.2) is 5.16 Å². The van der Waals surface area contributed by atoms with E-state index in [0.717, 1.165) is 61.6 Å². The second-order valence-corrected chi connectivity index (χ2v) is 8.85. The maximum atomic E-state index is 12.7. The highest BCUT2D eigenvalue weighted by Gasteiger charge is 2.32. The smallest absolute Gasteiger partial charge is 0.262 e. The Balaban J connectivity index is 1.36. The van der Waals surface area contributed by atoms with Crippen molar-refractivity contribution in [1.82, 2.24) is 33.9 Å². The van der Waals surface area contributed by atoms with Crippen LogP contribution >= 0.6 is 11.8 Å². The zero-order chi connectivity index (χ0) is 20.9. The lowest BCUT2D eigenvalue weighted by molar-refractivity contribution is 0.121. The highest BCUT2D eigenvalue weighted by molar-refractivity contribution is 7.98. The van der Waals surface area contributed by atoms with E-state index in [1.54, 1.807) is 23.4 Å². The van der Waals surface area contributed by atoms with Gasteiger partial charge in [0.2, 0.25) is 11.7 Å². The van der Waals surface area contributed by atoms with Crippen LogP contribution in [0.15, 0.2) is 34.2 Å². The highest BCUT2D eigenvalue weighted by atomic mass is 32.2. The van der Waals surface area contributed by atoms with E-state index >= 15 is 0 Å². The zero-order valence-electron chi connectivity index (χ0n) is 17.1. The van der Waals surface area contributed by atoms with Crippen molar-refractivity contribution in [2.24, 2.45) is 7.05 Å². The van der Waals surface area contributed by atoms with Crippen molar-refractivity contribution >= 4 is 34.4 Å². The van der Waals surface area contributed by atoms with Gasteiger partial charge in [0.1, 0.15) is 5.82 Å². The lowest BCUT2D eigenvalue weighted by atomic mass is 10.2. The van der Waals surface area contributed by atoms with E-state index in [-0.39, 0.29) is 5.56 Å². The van der Waals surface area contributed by atoms with Crippen molar-refractivity contribution in [2.45, 2.75) is 29.8 Å². The second kappa shape index (κ2) is 7.34.